The zero-order valence-electron chi connectivity index (χ0n) is 9.43. The quantitative estimate of drug-likeness (QED) is 0.868. The lowest BCUT2D eigenvalue weighted by Gasteiger charge is -2.07. The van der Waals surface area contributed by atoms with Gasteiger partial charge in [0.15, 0.2) is 0 Å². The van der Waals surface area contributed by atoms with Crippen LogP contribution in [0.25, 0.3) is 0 Å². The van der Waals surface area contributed by atoms with E-state index in [1.165, 1.54) is 41.1 Å². The third-order valence-electron chi connectivity index (χ3n) is 2.52. The van der Waals surface area contributed by atoms with Gasteiger partial charge in [0.1, 0.15) is 5.82 Å². The first-order valence-electron chi connectivity index (χ1n) is 5.24. The number of anilines is 1. The van der Waals surface area contributed by atoms with E-state index in [0.717, 1.165) is 0 Å². The van der Waals surface area contributed by atoms with Crippen LogP contribution in [0.2, 0.25) is 0 Å². The number of hydrogen-bond donors (Lipinski definition) is 1. The largest absolute Gasteiger partial charge is 0.398 e. The fourth-order valence-corrected chi connectivity index (χ4v) is 1.62. The van der Waals surface area contributed by atoms with Crippen molar-refractivity contribution in [3.63, 3.8) is 0 Å². The Labute approximate surface area is 103 Å². The van der Waals surface area contributed by atoms with Crippen molar-refractivity contribution in [3.05, 3.63) is 63.8 Å². The zero-order valence-corrected chi connectivity index (χ0v) is 9.43. The number of pyridine rings is 1. The Morgan fingerprint density at radius 1 is 1.33 bits per heavy atom. The number of hydrogen-bond acceptors (Lipinski definition) is 3. The van der Waals surface area contributed by atoms with Crippen LogP contribution in [0.4, 0.5) is 10.1 Å². The van der Waals surface area contributed by atoms with Crippen LogP contribution in [0.15, 0.2) is 41.3 Å². The second kappa shape index (κ2) is 4.72. The van der Waals surface area contributed by atoms with E-state index in [0.29, 0.717) is 11.3 Å². The van der Waals surface area contributed by atoms with Crippen LogP contribution in [0.5, 0.6) is 0 Å². The average Bonchev–Trinajstić information content (AvgIpc) is 2.36. The molecule has 0 amide bonds. The van der Waals surface area contributed by atoms with Crippen molar-refractivity contribution in [1.82, 2.24) is 4.57 Å². The maximum atomic E-state index is 13.6. The molecule has 90 valence electrons. The standard InChI is InChI=1S/C13H10FN3O/c14-12-3-1-9(6-15)5-10(12)7-17-8-11(16)2-4-13(17)18/h1-5,8H,7,16H2. The van der Waals surface area contributed by atoms with Crippen molar-refractivity contribution in [2.24, 2.45) is 0 Å². The molecule has 0 fully saturated rings. The normalized spacial score (nSPS) is 10.0. The van der Waals surface area contributed by atoms with Crippen molar-refractivity contribution in [2.45, 2.75) is 6.54 Å². The van der Waals surface area contributed by atoms with E-state index >= 15 is 0 Å². The molecule has 0 aliphatic carbocycles. The fourth-order valence-electron chi connectivity index (χ4n) is 1.62. The van der Waals surface area contributed by atoms with Gasteiger partial charge in [-0.15, -0.1) is 0 Å². The van der Waals surface area contributed by atoms with Gasteiger partial charge in [-0.05, 0) is 24.3 Å². The summed E-state index contributed by atoms with van der Waals surface area (Å²) in [7, 11) is 0. The highest BCUT2D eigenvalue weighted by molar-refractivity contribution is 5.36. The molecule has 1 aromatic carbocycles. The van der Waals surface area contributed by atoms with E-state index in [1.807, 2.05) is 6.07 Å². The summed E-state index contributed by atoms with van der Waals surface area (Å²) in [6, 6.07) is 8.76. The highest BCUT2D eigenvalue weighted by Gasteiger charge is 2.06. The Hall–Kier alpha value is -2.61. The van der Waals surface area contributed by atoms with Crippen LogP contribution >= 0.6 is 0 Å². The lowest BCUT2D eigenvalue weighted by molar-refractivity contribution is 0.596. The number of rotatable bonds is 2. The number of nitrogen functional groups attached to an aromatic ring is 1. The lowest BCUT2D eigenvalue weighted by atomic mass is 10.1. The summed E-state index contributed by atoms with van der Waals surface area (Å²) in [6.45, 7) is 0.0469. The second-order valence-corrected chi connectivity index (χ2v) is 3.85. The van der Waals surface area contributed by atoms with Crippen molar-refractivity contribution in [1.29, 1.82) is 5.26 Å². The molecule has 18 heavy (non-hydrogen) atoms. The predicted molar refractivity (Wildman–Crippen MR) is 65.3 cm³/mol. The summed E-state index contributed by atoms with van der Waals surface area (Å²) in [6.07, 6.45) is 1.45. The van der Waals surface area contributed by atoms with Crippen LogP contribution in [0.1, 0.15) is 11.1 Å². The molecule has 0 aliphatic heterocycles. The molecule has 0 radical (unpaired) electrons. The first kappa shape index (κ1) is 11.9. The van der Waals surface area contributed by atoms with Crippen LogP contribution in [0, 0.1) is 17.1 Å². The number of benzene rings is 1. The number of halogens is 1. The molecule has 0 atom stereocenters. The molecular weight excluding hydrogens is 233 g/mol. The molecule has 2 rings (SSSR count). The Kier molecular flexibility index (Phi) is 3.11. The molecule has 0 saturated heterocycles. The van der Waals surface area contributed by atoms with Gasteiger partial charge in [-0.3, -0.25) is 4.79 Å². The molecule has 1 heterocycles. The van der Waals surface area contributed by atoms with Gasteiger partial charge in [0.25, 0.3) is 5.56 Å². The monoisotopic (exact) mass is 243 g/mol. The molecule has 0 unspecified atom stereocenters. The number of nitriles is 1. The summed E-state index contributed by atoms with van der Waals surface area (Å²) < 4.78 is 14.9. The van der Waals surface area contributed by atoms with E-state index in [1.54, 1.807) is 0 Å². The number of nitrogens with two attached hydrogens (primary N) is 1. The van der Waals surface area contributed by atoms with E-state index < -0.39 is 5.82 Å². The molecule has 0 saturated carbocycles. The summed E-state index contributed by atoms with van der Waals surface area (Å²) in [5.74, 6) is -0.455. The first-order valence-corrected chi connectivity index (χ1v) is 5.24. The molecule has 0 bridgehead atoms. The smallest absolute Gasteiger partial charge is 0.250 e. The fraction of sp³-hybridized carbons (Fsp3) is 0.0769. The maximum Gasteiger partial charge on any atom is 0.250 e. The lowest BCUT2D eigenvalue weighted by Crippen LogP contribution is -2.20. The molecule has 4 nitrogen and oxygen atoms in total. The van der Waals surface area contributed by atoms with Crippen LogP contribution in [0.3, 0.4) is 0 Å². The topological polar surface area (TPSA) is 71.8 Å². The molecule has 2 N–H and O–H groups in total. The van der Waals surface area contributed by atoms with Gasteiger partial charge in [0.2, 0.25) is 0 Å². The number of nitrogens with zero attached hydrogens (tertiary/aromatic N) is 2. The Morgan fingerprint density at radius 3 is 2.83 bits per heavy atom. The summed E-state index contributed by atoms with van der Waals surface area (Å²) in [5, 5.41) is 8.76. The Morgan fingerprint density at radius 2 is 2.11 bits per heavy atom. The van der Waals surface area contributed by atoms with Crippen molar-refractivity contribution in [3.8, 4) is 6.07 Å². The van der Waals surface area contributed by atoms with E-state index in [2.05, 4.69) is 0 Å². The van der Waals surface area contributed by atoms with Gasteiger partial charge >= 0.3 is 0 Å². The van der Waals surface area contributed by atoms with E-state index in [9.17, 15) is 9.18 Å². The molecule has 5 heteroatoms. The van der Waals surface area contributed by atoms with E-state index in [-0.39, 0.29) is 17.7 Å². The highest BCUT2D eigenvalue weighted by Crippen LogP contribution is 2.11. The van der Waals surface area contributed by atoms with Crippen molar-refractivity contribution >= 4 is 5.69 Å². The van der Waals surface area contributed by atoms with Crippen LogP contribution in [-0.4, -0.2) is 4.57 Å². The van der Waals surface area contributed by atoms with Gasteiger partial charge in [0.05, 0.1) is 18.2 Å². The highest BCUT2D eigenvalue weighted by atomic mass is 19.1. The Bertz CT molecular complexity index is 685. The number of aromatic nitrogens is 1. The molecule has 0 aliphatic rings. The van der Waals surface area contributed by atoms with Gasteiger partial charge in [0, 0.05) is 23.5 Å². The minimum atomic E-state index is -0.455. The van der Waals surface area contributed by atoms with Gasteiger partial charge < -0.3 is 10.3 Å². The summed E-state index contributed by atoms with van der Waals surface area (Å²) in [4.78, 5) is 11.6. The first-order chi connectivity index (χ1) is 8.60. The van der Waals surface area contributed by atoms with Crippen molar-refractivity contribution in [2.75, 3.05) is 5.73 Å². The third kappa shape index (κ3) is 2.38. The minimum absolute atomic E-state index is 0.0469. The third-order valence-corrected chi connectivity index (χ3v) is 2.52. The van der Waals surface area contributed by atoms with Crippen LogP contribution < -0.4 is 11.3 Å². The van der Waals surface area contributed by atoms with Gasteiger partial charge in [-0.2, -0.15) is 5.26 Å². The zero-order chi connectivity index (χ0) is 13.1. The summed E-state index contributed by atoms with van der Waals surface area (Å²) in [5.41, 5.74) is 6.35. The minimum Gasteiger partial charge on any atom is -0.398 e. The van der Waals surface area contributed by atoms with Gasteiger partial charge in [-0.1, -0.05) is 0 Å². The van der Waals surface area contributed by atoms with Crippen LogP contribution in [-0.2, 0) is 6.54 Å². The summed E-state index contributed by atoms with van der Waals surface area (Å²) >= 11 is 0. The SMILES string of the molecule is N#Cc1ccc(F)c(Cn2cc(N)ccc2=O)c1. The molecule has 2 aromatic rings. The maximum absolute atomic E-state index is 13.6. The molecule has 1 aromatic heterocycles. The van der Waals surface area contributed by atoms with Gasteiger partial charge in [-0.25, -0.2) is 4.39 Å². The molecule has 0 spiro atoms. The molecular formula is C13H10FN3O. The van der Waals surface area contributed by atoms with Crippen molar-refractivity contribution < 1.29 is 4.39 Å². The second-order valence-electron chi connectivity index (χ2n) is 3.85. The predicted octanol–water partition coefficient (Wildman–Crippen LogP) is 1.49. The Balaban J connectivity index is 2.43. The van der Waals surface area contributed by atoms with E-state index in [4.69, 9.17) is 11.0 Å². The average molecular weight is 243 g/mol.